The van der Waals surface area contributed by atoms with Gasteiger partial charge < -0.3 is 24.5 Å². The summed E-state index contributed by atoms with van der Waals surface area (Å²) in [4.78, 5) is 28.9. The molecule has 0 bridgehead atoms. The third kappa shape index (κ3) is 7.17. The number of hydrogen-bond acceptors (Lipinski definition) is 7. The largest absolute Gasteiger partial charge is 0.494 e. The van der Waals surface area contributed by atoms with Gasteiger partial charge in [0.1, 0.15) is 11.3 Å². The number of carbonyl (C=O) groups is 1. The lowest BCUT2D eigenvalue weighted by molar-refractivity contribution is 0.0953. The normalized spacial score (nSPS) is 11.2. The number of ether oxygens (including phenoxy) is 3. The number of fused-ring (bicyclic) bond motifs is 1. The van der Waals surface area contributed by atoms with Crippen molar-refractivity contribution in [1.29, 1.82) is 0 Å². The predicted molar refractivity (Wildman–Crippen MR) is 158 cm³/mol. The van der Waals surface area contributed by atoms with E-state index in [1.165, 1.54) is 24.4 Å². The third-order valence-electron chi connectivity index (χ3n) is 6.13. The van der Waals surface area contributed by atoms with E-state index in [4.69, 9.17) is 14.2 Å². The van der Waals surface area contributed by atoms with Crippen LogP contribution in [0.25, 0.3) is 10.9 Å². The van der Waals surface area contributed by atoms with E-state index >= 15 is 0 Å². The molecule has 1 heterocycles. The van der Waals surface area contributed by atoms with Crippen LogP contribution in [-0.2, 0) is 16.4 Å². The first kappa shape index (κ1) is 29.5. The van der Waals surface area contributed by atoms with Gasteiger partial charge >= 0.3 is 0 Å². The van der Waals surface area contributed by atoms with Crippen LogP contribution >= 0.6 is 0 Å². The van der Waals surface area contributed by atoms with Gasteiger partial charge in [-0.1, -0.05) is 6.07 Å². The van der Waals surface area contributed by atoms with Gasteiger partial charge in [-0.3, -0.25) is 14.3 Å². The average molecular weight is 580 g/mol. The van der Waals surface area contributed by atoms with Crippen molar-refractivity contribution in [2.24, 2.45) is 0 Å². The SMILES string of the molecule is CCOc1ccc(NS(=O)(=O)c2ccc3[nH]cc(C(=O)NCCc4ccc(OCC)c(OCC)c4)c(=O)c3c2)cc1. The molecule has 0 spiro atoms. The minimum Gasteiger partial charge on any atom is -0.494 e. The lowest BCUT2D eigenvalue weighted by atomic mass is 10.1. The summed E-state index contributed by atoms with van der Waals surface area (Å²) in [7, 11) is -4.00. The molecule has 0 fully saturated rings. The smallest absolute Gasteiger partial charge is 0.261 e. The summed E-state index contributed by atoms with van der Waals surface area (Å²) < 4.78 is 45.2. The maximum atomic E-state index is 13.2. The van der Waals surface area contributed by atoms with Crippen LogP contribution in [0.4, 0.5) is 5.69 Å². The van der Waals surface area contributed by atoms with Gasteiger partial charge in [-0.2, -0.15) is 0 Å². The van der Waals surface area contributed by atoms with Gasteiger partial charge in [-0.15, -0.1) is 0 Å². The molecule has 4 rings (SSSR count). The third-order valence-corrected chi connectivity index (χ3v) is 7.51. The van der Waals surface area contributed by atoms with Crippen LogP contribution in [0.15, 0.2) is 76.6 Å². The zero-order valence-corrected chi connectivity index (χ0v) is 24.0. The maximum Gasteiger partial charge on any atom is 0.261 e. The number of benzene rings is 3. The second-order valence-corrected chi connectivity index (χ2v) is 10.6. The Labute approximate surface area is 238 Å². The first-order chi connectivity index (χ1) is 19.7. The molecule has 41 heavy (non-hydrogen) atoms. The van der Waals surface area contributed by atoms with Crippen LogP contribution in [0.5, 0.6) is 17.2 Å². The van der Waals surface area contributed by atoms with Gasteiger partial charge in [0.05, 0.1) is 24.7 Å². The molecule has 11 heteroatoms. The molecule has 0 atom stereocenters. The molecule has 0 radical (unpaired) electrons. The van der Waals surface area contributed by atoms with Crippen molar-refractivity contribution in [3.63, 3.8) is 0 Å². The molecule has 0 saturated carbocycles. The van der Waals surface area contributed by atoms with Gasteiger partial charge in [-0.25, -0.2) is 8.42 Å². The zero-order valence-electron chi connectivity index (χ0n) is 23.2. The van der Waals surface area contributed by atoms with Gasteiger partial charge in [0, 0.05) is 29.3 Å². The molecule has 0 unspecified atom stereocenters. The number of H-pyrrole nitrogens is 1. The number of rotatable bonds is 13. The molecule has 3 N–H and O–H groups in total. The number of pyridine rings is 1. The van der Waals surface area contributed by atoms with Crippen LogP contribution in [0.3, 0.4) is 0 Å². The number of sulfonamides is 1. The Kier molecular flexibility index (Phi) is 9.51. The Bertz CT molecular complexity index is 1680. The molecule has 216 valence electrons. The van der Waals surface area contributed by atoms with E-state index in [9.17, 15) is 18.0 Å². The van der Waals surface area contributed by atoms with Crippen LogP contribution in [0.1, 0.15) is 36.7 Å². The Hall–Kier alpha value is -4.51. The molecular formula is C30H33N3O7S. The average Bonchev–Trinajstić information content (AvgIpc) is 2.95. The van der Waals surface area contributed by atoms with Gasteiger partial charge in [0.2, 0.25) is 5.43 Å². The van der Waals surface area contributed by atoms with Crippen LogP contribution < -0.4 is 29.7 Å². The molecule has 0 aliphatic heterocycles. The summed E-state index contributed by atoms with van der Waals surface area (Å²) in [6.45, 7) is 7.42. The highest BCUT2D eigenvalue weighted by molar-refractivity contribution is 7.92. The second kappa shape index (κ2) is 13.2. The van der Waals surface area contributed by atoms with E-state index < -0.39 is 21.4 Å². The lowest BCUT2D eigenvalue weighted by Crippen LogP contribution is -2.30. The van der Waals surface area contributed by atoms with E-state index in [2.05, 4.69) is 15.0 Å². The fourth-order valence-electron chi connectivity index (χ4n) is 4.20. The molecule has 1 amide bonds. The van der Waals surface area contributed by atoms with Crippen molar-refractivity contribution in [2.45, 2.75) is 32.1 Å². The zero-order chi connectivity index (χ0) is 29.4. The van der Waals surface area contributed by atoms with E-state index in [0.717, 1.165) is 5.56 Å². The van der Waals surface area contributed by atoms with Gasteiger partial charge in [0.15, 0.2) is 11.5 Å². The van der Waals surface area contributed by atoms with Crippen molar-refractivity contribution < 1.29 is 27.4 Å². The highest BCUT2D eigenvalue weighted by Crippen LogP contribution is 2.28. The molecule has 3 aromatic carbocycles. The summed E-state index contributed by atoms with van der Waals surface area (Å²) in [6, 6.07) is 16.2. The molecule has 10 nitrogen and oxygen atoms in total. The second-order valence-electron chi connectivity index (χ2n) is 8.95. The van der Waals surface area contributed by atoms with Crippen molar-refractivity contribution in [3.8, 4) is 17.2 Å². The molecule has 4 aromatic rings. The predicted octanol–water partition coefficient (Wildman–Crippen LogP) is 4.50. The first-order valence-electron chi connectivity index (χ1n) is 13.3. The molecule has 0 aliphatic rings. The van der Waals surface area contributed by atoms with Crippen molar-refractivity contribution >= 4 is 32.5 Å². The quantitative estimate of drug-likeness (QED) is 0.212. The Morgan fingerprint density at radius 2 is 1.56 bits per heavy atom. The molecule has 1 aromatic heterocycles. The number of aromatic nitrogens is 1. The summed E-state index contributed by atoms with van der Waals surface area (Å²) >= 11 is 0. The summed E-state index contributed by atoms with van der Waals surface area (Å²) in [5, 5.41) is 2.85. The fraction of sp³-hybridized carbons (Fsp3) is 0.267. The summed E-state index contributed by atoms with van der Waals surface area (Å²) in [5.41, 5.74) is 0.989. The molecule has 0 aliphatic carbocycles. The van der Waals surface area contributed by atoms with Crippen LogP contribution in [0.2, 0.25) is 0 Å². The maximum absolute atomic E-state index is 13.2. The molecular weight excluding hydrogens is 546 g/mol. The van der Waals surface area contributed by atoms with Crippen LogP contribution in [-0.4, -0.2) is 45.7 Å². The van der Waals surface area contributed by atoms with Crippen molar-refractivity contribution in [1.82, 2.24) is 10.3 Å². The van der Waals surface area contributed by atoms with E-state index in [1.54, 1.807) is 24.3 Å². The number of amides is 1. The van der Waals surface area contributed by atoms with Crippen LogP contribution in [0, 0.1) is 0 Å². The number of hydrogen-bond donors (Lipinski definition) is 3. The monoisotopic (exact) mass is 579 g/mol. The Balaban J connectivity index is 1.48. The number of aromatic amines is 1. The van der Waals surface area contributed by atoms with Crippen molar-refractivity contribution in [2.75, 3.05) is 31.1 Å². The van der Waals surface area contributed by atoms with Crippen molar-refractivity contribution in [3.05, 3.63) is 88.2 Å². The number of anilines is 1. The topological polar surface area (TPSA) is 136 Å². The number of nitrogens with one attached hydrogen (secondary N) is 3. The van der Waals surface area contributed by atoms with Gasteiger partial charge in [0.25, 0.3) is 15.9 Å². The van der Waals surface area contributed by atoms with E-state index in [1.807, 2.05) is 39.0 Å². The Morgan fingerprint density at radius 1 is 0.854 bits per heavy atom. The standard InChI is InChI=1S/C30H33N3O7S/c1-4-38-22-10-8-21(9-11-22)33-41(36,37)23-12-13-26-24(18-23)29(34)25(19-32-26)30(35)31-16-15-20-7-14-27(39-5-2)28(17-20)40-6-3/h7-14,17-19,33H,4-6,15-16H2,1-3H3,(H,31,35)(H,32,34). The molecule has 0 saturated heterocycles. The minimum atomic E-state index is -4.00. The van der Waals surface area contributed by atoms with Gasteiger partial charge in [-0.05, 0) is 87.4 Å². The first-order valence-corrected chi connectivity index (χ1v) is 14.8. The summed E-state index contributed by atoms with van der Waals surface area (Å²) in [5.74, 6) is 1.34. The van der Waals surface area contributed by atoms with E-state index in [0.29, 0.717) is 54.7 Å². The highest BCUT2D eigenvalue weighted by Gasteiger charge is 2.18. The lowest BCUT2D eigenvalue weighted by Gasteiger charge is -2.13. The summed E-state index contributed by atoms with van der Waals surface area (Å²) in [6.07, 6.45) is 1.83. The number of carbonyl (C=O) groups excluding carboxylic acids is 1. The highest BCUT2D eigenvalue weighted by atomic mass is 32.2. The minimum absolute atomic E-state index is 0.0834. The van der Waals surface area contributed by atoms with E-state index in [-0.39, 0.29) is 22.4 Å². The fourth-order valence-corrected chi connectivity index (χ4v) is 5.28. The Morgan fingerprint density at radius 3 is 2.27 bits per heavy atom.